The average Bonchev–Trinajstić information content (AvgIpc) is 2.96. The Bertz CT molecular complexity index is 641. The van der Waals surface area contributed by atoms with Crippen LogP contribution in [0, 0.1) is 0 Å². The van der Waals surface area contributed by atoms with Gasteiger partial charge in [0.15, 0.2) is 0 Å². The van der Waals surface area contributed by atoms with Crippen molar-refractivity contribution in [3.8, 4) is 5.75 Å². The van der Waals surface area contributed by atoms with E-state index < -0.39 is 0 Å². The molecule has 23 heavy (non-hydrogen) atoms. The molecule has 0 radical (unpaired) electrons. The fourth-order valence-electron chi connectivity index (χ4n) is 3.55. The molecule has 1 aliphatic rings. The number of nitrogens with zero attached hydrogens (tertiary/aromatic N) is 1. The molecule has 1 saturated heterocycles. The normalized spacial score (nSPS) is 21.5. The van der Waals surface area contributed by atoms with Gasteiger partial charge in [0.05, 0.1) is 7.11 Å². The molecule has 122 valence electrons. The summed E-state index contributed by atoms with van der Waals surface area (Å²) in [7, 11) is 1.72. The van der Waals surface area contributed by atoms with Gasteiger partial charge in [-0.05, 0) is 35.2 Å². The highest BCUT2D eigenvalue weighted by molar-refractivity contribution is 5.36. The van der Waals surface area contributed by atoms with Crippen LogP contribution in [0.15, 0.2) is 48.5 Å². The number of likely N-dealkylation sites (tertiary alicyclic amines) is 1. The summed E-state index contributed by atoms with van der Waals surface area (Å²) < 4.78 is 5.34. The lowest BCUT2D eigenvalue weighted by molar-refractivity contribution is 0.322. The number of methoxy groups -OCH3 is 1. The summed E-state index contributed by atoms with van der Waals surface area (Å²) in [5, 5.41) is 0. The molecule has 0 bridgehead atoms. The Labute approximate surface area is 139 Å². The Hall–Kier alpha value is -1.84. The van der Waals surface area contributed by atoms with Crippen molar-refractivity contribution in [3.05, 3.63) is 65.2 Å². The Morgan fingerprint density at radius 2 is 1.87 bits per heavy atom. The molecular formula is C20H26N2O. The molecule has 3 nitrogen and oxygen atoms in total. The Kier molecular flexibility index (Phi) is 4.99. The minimum atomic E-state index is 0.209. The van der Waals surface area contributed by atoms with Crippen molar-refractivity contribution in [3.63, 3.8) is 0 Å². The van der Waals surface area contributed by atoms with E-state index in [1.54, 1.807) is 7.11 Å². The zero-order valence-electron chi connectivity index (χ0n) is 14.0. The monoisotopic (exact) mass is 310 g/mol. The second kappa shape index (κ2) is 7.16. The van der Waals surface area contributed by atoms with Crippen LogP contribution in [0.2, 0.25) is 0 Å². The number of benzene rings is 2. The quantitative estimate of drug-likeness (QED) is 0.922. The molecule has 0 unspecified atom stereocenters. The standard InChI is InChI=1S/C20H26N2O/c1-3-15-11-18(23-2)10-9-17(15)12-22-13-19(20(21)14-22)16-7-5-4-6-8-16/h4-11,19-20H,3,12-14,21H2,1-2H3/t19-,20+/m0/s1. The number of hydrogen-bond acceptors (Lipinski definition) is 3. The van der Waals surface area contributed by atoms with E-state index in [4.69, 9.17) is 10.5 Å². The number of nitrogens with two attached hydrogens (primary N) is 1. The van der Waals surface area contributed by atoms with Gasteiger partial charge in [-0.2, -0.15) is 0 Å². The lowest BCUT2D eigenvalue weighted by Gasteiger charge is -2.18. The van der Waals surface area contributed by atoms with Gasteiger partial charge in [0, 0.05) is 31.6 Å². The van der Waals surface area contributed by atoms with E-state index in [0.717, 1.165) is 31.8 Å². The van der Waals surface area contributed by atoms with E-state index in [9.17, 15) is 0 Å². The van der Waals surface area contributed by atoms with Gasteiger partial charge in [0.2, 0.25) is 0 Å². The van der Waals surface area contributed by atoms with Crippen molar-refractivity contribution in [1.29, 1.82) is 0 Å². The van der Waals surface area contributed by atoms with E-state index in [-0.39, 0.29) is 6.04 Å². The predicted octanol–water partition coefficient (Wildman–Crippen LogP) is 3.18. The molecular weight excluding hydrogens is 284 g/mol. The summed E-state index contributed by atoms with van der Waals surface area (Å²) in [4.78, 5) is 2.48. The SMILES string of the molecule is CCc1cc(OC)ccc1CN1C[C@@H](N)[C@H](c2ccccc2)C1. The molecule has 0 amide bonds. The minimum Gasteiger partial charge on any atom is -0.497 e. The van der Waals surface area contributed by atoms with E-state index in [1.165, 1.54) is 16.7 Å². The van der Waals surface area contributed by atoms with Gasteiger partial charge in [0.1, 0.15) is 5.75 Å². The van der Waals surface area contributed by atoms with Gasteiger partial charge in [-0.1, -0.05) is 43.3 Å². The Morgan fingerprint density at radius 3 is 2.57 bits per heavy atom. The molecule has 3 heteroatoms. The van der Waals surface area contributed by atoms with Gasteiger partial charge >= 0.3 is 0 Å². The maximum absolute atomic E-state index is 6.41. The summed E-state index contributed by atoms with van der Waals surface area (Å²) in [5.74, 6) is 1.37. The fourth-order valence-corrected chi connectivity index (χ4v) is 3.55. The topological polar surface area (TPSA) is 38.5 Å². The summed E-state index contributed by atoms with van der Waals surface area (Å²) in [6.07, 6.45) is 1.02. The fraction of sp³-hybridized carbons (Fsp3) is 0.400. The van der Waals surface area contributed by atoms with Gasteiger partial charge in [0.25, 0.3) is 0 Å². The maximum Gasteiger partial charge on any atom is 0.119 e. The van der Waals surface area contributed by atoms with Crippen LogP contribution in [0.1, 0.15) is 29.5 Å². The first kappa shape index (κ1) is 16.0. The first-order valence-corrected chi connectivity index (χ1v) is 8.40. The zero-order valence-corrected chi connectivity index (χ0v) is 14.0. The van der Waals surface area contributed by atoms with Crippen LogP contribution in [-0.4, -0.2) is 31.1 Å². The van der Waals surface area contributed by atoms with Crippen LogP contribution >= 0.6 is 0 Å². The van der Waals surface area contributed by atoms with E-state index >= 15 is 0 Å². The van der Waals surface area contributed by atoms with Crippen LogP contribution in [0.4, 0.5) is 0 Å². The number of aryl methyl sites for hydroxylation is 1. The third-order valence-electron chi connectivity index (χ3n) is 4.86. The predicted molar refractivity (Wildman–Crippen MR) is 94.8 cm³/mol. The molecule has 3 rings (SSSR count). The molecule has 2 atom stereocenters. The van der Waals surface area contributed by atoms with Crippen LogP contribution in [0.3, 0.4) is 0 Å². The molecule has 1 aliphatic heterocycles. The summed E-state index contributed by atoms with van der Waals surface area (Å²) in [5.41, 5.74) is 10.5. The van der Waals surface area contributed by atoms with E-state index in [1.807, 2.05) is 0 Å². The van der Waals surface area contributed by atoms with Gasteiger partial charge < -0.3 is 10.5 Å². The molecule has 2 aromatic rings. The minimum absolute atomic E-state index is 0.209. The second-order valence-electron chi connectivity index (χ2n) is 6.36. The highest BCUT2D eigenvalue weighted by Gasteiger charge is 2.31. The first-order chi connectivity index (χ1) is 11.2. The number of hydrogen-bond donors (Lipinski definition) is 1. The molecule has 0 spiro atoms. The van der Waals surface area contributed by atoms with Gasteiger partial charge in [-0.25, -0.2) is 0 Å². The van der Waals surface area contributed by atoms with E-state index in [2.05, 4.69) is 60.4 Å². The molecule has 0 saturated carbocycles. The van der Waals surface area contributed by atoms with E-state index in [0.29, 0.717) is 5.92 Å². The number of rotatable bonds is 5. The summed E-state index contributed by atoms with van der Waals surface area (Å²) in [6.45, 7) is 5.14. The summed E-state index contributed by atoms with van der Waals surface area (Å²) >= 11 is 0. The highest BCUT2D eigenvalue weighted by atomic mass is 16.5. The van der Waals surface area contributed by atoms with Gasteiger partial charge in [-0.3, -0.25) is 4.90 Å². The van der Waals surface area contributed by atoms with Crippen LogP contribution in [-0.2, 0) is 13.0 Å². The Morgan fingerprint density at radius 1 is 1.09 bits per heavy atom. The maximum atomic E-state index is 6.41. The zero-order chi connectivity index (χ0) is 16.2. The molecule has 0 aliphatic carbocycles. The average molecular weight is 310 g/mol. The van der Waals surface area contributed by atoms with Crippen molar-refractivity contribution in [2.24, 2.45) is 5.73 Å². The van der Waals surface area contributed by atoms with Gasteiger partial charge in [-0.15, -0.1) is 0 Å². The van der Waals surface area contributed by atoms with Crippen molar-refractivity contribution in [1.82, 2.24) is 4.90 Å². The van der Waals surface area contributed by atoms with Crippen LogP contribution < -0.4 is 10.5 Å². The number of ether oxygens (including phenoxy) is 1. The third kappa shape index (κ3) is 3.57. The second-order valence-corrected chi connectivity index (χ2v) is 6.36. The molecule has 2 N–H and O–H groups in total. The van der Waals surface area contributed by atoms with Crippen molar-refractivity contribution in [2.45, 2.75) is 31.8 Å². The Balaban J connectivity index is 1.72. The van der Waals surface area contributed by atoms with Crippen LogP contribution in [0.5, 0.6) is 5.75 Å². The van der Waals surface area contributed by atoms with Crippen molar-refractivity contribution < 1.29 is 4.74 Å². The van der Waals surface area contributed by atoms with Crippen molar-refractivity contribution in [2.75, 3.05) is 20.2 Å². The molecule has 1 heterocycles. The smallest absolute Gasteiger partial charge is 0.119 e. The van der Waals surface area contributed by atoms with Crippen LogP contribution in [0.25, 0.3) is 0 Å². The molecule has 2 aromatic carbocycles. The molecule has 0 aromatic heterocycles. The molecule has 1 fully saturated rings. The lowest BCUT2D eigenvalue weighted by atomic mass is 9.95. The largest absolute Gasteiger partial charge is 0.497 e. The third-order valence-corrected chi connectivity index (χ3v) is 4.86. The highest BCUT2D eigenvalue weighted by Crippen LogP contribution is 2.28. The first-order valence-electron chi connectivity index (χ1n) is 8.40. The van der Waals surface area contributed by atoms with Crippen molar-refractivity contribution >= 4 is 0 Å². The summed E-state index contributed by atoms with van der Waals surface area (Å²) in [6, 6.07) is 17.3. The lowest BCUT2D eigenvalue weighted by Crippen LogP contribution is -2.28.